The minimum absolute atomic E-state index is 0. The Morgan fingerprint density at radius 2 is 1.70 bits per heavy atom. The molecule has 0 atom stereocenters. The van der Waals surface area contributed by atoms with E-state index in [9.17, 15) is 9.59 Å². The van der Waals surface area contributed by atoms with E-state index in [0.717, 1.165) is 19.6 Å². The molecular formula is C15H24Cl2N4O2. The maximum Gasteiger partial charge on any atom is 0.251 e. The van der Waals surface area contributed by atoms with Crippen LogP contribution in [0.15, 0.2) is 24.3 Å². The highest BCUT2D eigenvalue weighted by atomic mass is 35.5. The van der Waals surface area contributed by atoms with Gasteiger partial charge in [-0.15, -0.1) is 24.8 Å². The second-order valence-corrected chi connectivity index (χ2v) is 5.13. The Labute approximate surface area is 149 Å². The van der Waals surface area contributed by atoms with E-state index in [-0.39, 0.29) is 43.2 Å². The number of amides is 2. The highest BCUT2D eigenvalue weighted by molar-refractivity contribution is 5.96. The molecule has 0 aliphatic carbocycles. The molecular weight excluding hydrogens is 339 g/mol. The van der Waals surface area contributed by atoms with Gasteiger partial charge >= 0.3 is 0 Å². The number of nitrogens with two attached hydrogens (primary N) is 1. The number of carbonyl (C=O) groups excluding carboxylic acids is 2. The van der Waals surface area contributed by atoms with Gasteiger partial charge in [-0.25, -0.2) is 0 Å². The van der Waals surface area contributed by atoms with Crippen molar-refractivity contribution in [2.75, 3.05) is 38.0 Å². The minimum Gasteiger partial charge on any atom is -0.351 e. The van der Waals surface area contributed by atoms with Crippen LogP contribution >= 0.6 is 24.8 Å². The van der Waals surface area contributed by atoms with Gasteiger partial charge in [0.15, 0.2) is 0 Å². The van der Waals surface area contributed by atoms with Crippen LogP contribution in [0.25, 0.3) is 0 Å². The second kappa shape index (κ2) is 11.2. The Morgan fingerprint density at radius 3 is 2.26 bits per heavy atom. The molecule has 2 amide bonds. The smallest absolute Gasteiger partial charge is 0.251 e. The van der Waals surface area contributed by atoms with Crippen molar-refractivity contribution in [2.24, 2.45) is 5.73 Å². The zero-order valence-corrected chi connectivity index (χ0v) is 14.5. The zero-order valence-electron chi connectivity index (χ0n) is 12.9. The fourth-order valence-corrected chi connectivity index (χ4v) is 2.35. The van der Waals surface area contributed by atoms with Crippen molar-refractivity contribution < 1.29 is 9.59 Å². The monoisotopic (exact) mass is 362 g/mol. The summed E-state index contributed by atoms with van der Waals surface area (Å²) in [6, 6.07) is 6.78. The highest BCUT2D eigenvalue weighted by Crippen LogP contribution is 2.09. The lowest BCUT2D eigenvalue weighted by Crippen LogP contribution is -2.33. The number of likely N-dealkylation sites (tertiary alicyclic amines) is 1. The third-order valence-corrected chi connectivity index (χ3v) is 3.53. The molecule has 0 radical (unpaired) electrons. The van der Waals surface area contributed by atoms with Crippen LogP contribution in [-0.2, 0) is 4.79 Å². The summed E-state index contributed by atoms with van der Waals surface area (Å²) in [5.74, 6) is -0.344. The van der Waals surface area contributed by atoms with Gasteiger partial charge < -0.3 is 21.3 Å². The van der Waals surface area contributed by atoms with Gasteiger partial charge in [-0.05, 0) is 50.2 Å². The fourth-order valence-electron chi connectivity index (χ4n) is 2.35. The first-order chi connectivity index (χ1) is 10.2. The van der Waals surface area contributed by atoms with Crippen molar-refractivity contribution in [3.8, 4) is 0 Å². The van der Waals surface area contributed by atoms with E-state index in [1.54, 1.807) is 24.3 Å². The Kier molecular flexibility index (Phi) is 10.6. The van der Waals surface area contributed by atoms with Crippen molar-refractivity contribution in [1.29, 1.82) is 0 Å². The average Bonchev–Trinajstić information content (AvgIpc) is 3.01. The maximum absolute atomic E-state index is 12.0. The predicted octanol–water partition coefficient (Wildman–Crippen LogP) is 1.25. The number of nitrogens with zero attached hydrogens (tertiary/aromatic N) is 1. The van der Waals surface area contributed by atoms with E-state index in [0.29, 0.717) is 17.8 Å². The van der Waals surface area contributed by atoms with Gasteiger partial charge in [-0.2, -0.15) is 0 Å². The molecule has 0 saturated carbocycles. The average molecular weight is 363 g/mol. The lowest BCUT2D eigenvalue weighted by atomic mass is 10.2. The number of anilines is 1. The molecule has 1 aromatic carbocycles. The number of hydrogen-bond acceptors (Lipinski definition) is 4. The van der Waals surface area contributed by atoms with Crippen molar-refractivity contribution >= 4 is 42.3 Å². The summed E-state index contributed by atoms with van der Waals surface area (Å²) in [6.45, 7) is 3.76. The molecule has 0 unspecified atom stereocenters. The Hall–Kier alpha value is -1.34. The van der Waals surface area contributed by atoms with Crippen LogP contribution in [0.1, 0.15) is 23.2 Å². The summed E-state index contributed by atoms with van der Waals surface area (Å²) in [5.41, 5.74) is 6.45. The van der Waals surface area contributed by atoms with Gasteiger partial charge in [0.05, 0.1) is 6.54 Å². The second-order valence-electron chi connectivity index (χ2n) is 5.13. The molecule has 1 aromatic rings. The first-order valence-corrected chi connectivity index (χ1v) is 7.29. The van der Waals surface area contributed by atoms with Gasteiger partial charge in [0.1, 0.15) is 0 Å². The van der Waals surface area contributed by atoms with E-state index in [4.69, 9.17) is 5.73 Å². The number of rotatable bonds is 6. The molecule has 2 rings (SSSR count). The van der Waals surface area contributed by atoms with Crippen LogP contribution in [0.3, 0.4) is 0 Å². The Morgan fingerprint density at radius 1 is 1.09 bits per heavy atom. The van der Waals surface area contributed by atoms with Crippen LogP contribution in [0.4, 0.5) is 5.69 Å². The topological polar surface area (TPSA) is 87.5 Å². The standard InChI is InChI=1S/C15H22N4O2.2ClH/c16-11-14(20)18-13-5-3-12(4-6-13)15(21)17-7-10-19-8-1-2-9-19;;/h3-6H,1-2,7-11,16H2,(H,17,21)(H,18,20);2*1H. The highest BCUT2D eigenvalue weighted by Gasteiger charge is 2.11. The minimum atomic E-state index is -0.252. The van der Waals surface area contributed by atoms with E-state index < -0.39 is 0 Å². The summed E-state index contributed by atoms with van der Waals surface area (Å²) >= 11 is 0. The van der Waals surface area contributed by atoms with Gasteiger partial charge in [0.2, 0.25) is 5.91 Å². The quantitative estimate of drug-likeness (QED) is 0.710. The molecule has 1 saturated heterocycles. The molecule has 4 N–H and O–H groups in total. The van der Waals surface area contributed by atoms with Crippen LogP contribution in [0.5, 0.6) is 0 Å². The summed E-state index contributed by atoms with van der Waals surface area (Å²) in [7, 11) is 0. The molecule has 1 aliphatic heterocycles. The fraction of sp³-hybridized carbons (Fsp3) is 0.467. The van der Waals surface area contributed by atoms with E-state index in [1.807, 2.05) is 0 Å². The number of carbonyl (C=O) groups is 2. The van der Waals surface area contributed by atoms with Gasteiger partial charge in [0, 0.05) is 24.3 Å². The third kappa shape index (κ3) is 7.18. The van der Waals surface area contributed by atoms with Crippen molar-refractivity contribution in [1.82, 2.24) is 10.2 Å². The van der Waals surface area contributed by atoms with Crippen LogP contribution in [0.2, 0.25) is 0 Å². The van der Waals surface area contributed by atoms with E-state index in [1.165, 1.54) is 12.8 Å². The molecule has 1 fully saturated rings. The van der Waals surface area contributed by atoms with Crippen LogP contribution < -0.4 is 16.4 Å². The summed E-state index contributed by atoms with van der Waals surface area (Å²) in [6.07, 6.45) is 2.51. The summed E-state index contributed by atoms with van der Waals surface area (Å²) in [4.78, 5) is 25.5. The zero-order chi connectivity index (χ0) is 15.1. The number of nitrogens with one attached hydrogen (secondary N) is 2. The molecule has 1 heterocycles. The maximum atomic E-state index is 12.0. The van der Waals surface area contributed by atoms with Crippen molar-refractivity contribution in [3.05, 3.63) is 29.8 Å². The Balaban J connectivity index is 0.00000242. The van der Waals surface area contributed by atoms with Gasteiger partial charge in [0.25, 0.3) is 5.91 Å². The predicted molar refractivity (Wildman–Crippen MR) is 96.6 cm³/mol. The number of hydrogen-bond donors (Lipinski definition) is 3. The summed E-state index contributed by atoms with van der Waals surface area (Å²) < 4.78 is 0. The van der Waals surface area contributed by atoms with E-state index >= 15 is 0 Å². The molecule has 0 spiro atoms. The molecule has 0 bridgehead atoms. The van der Waals surface area contributed by atoms with Crippen molar-refractivity contribution in [3.63, 3.8) is 0 Å². The van der Waals surface area contributed by atoms with Crippen LogP contribution in [-0.4, -0.2) is 49.4 Å². The van der Waals surface area contributed by atoms with Crippen LogP contribution in [0, 0.1) is 0 Å². The Bertz CT molecular complexity index is 491. The van der Waals surface area contributed by atoms with Gasteiger partial charge in [-0.3, -0.25) is 9.59 Å². The first-order valence-electron chi connectivity index (χ1n) is 7.29. The molecule has 1 aliphatic rings. The van der Waals surface area contributed by atoms with E-state index in [2.05, 4.69) is 15.5 Å². The number of benzene rings is 1. The number of halogens is 2. The largest absolute Gasteiger partial charge is 0.351 e. The first kappa shape index (κ1) is 21.7. The van der Waals surface area contributed by atoms with Gasteiger partial charge in [-0.1, -0.05) is 0 Å². The summed E-state index contributed by atoms with van der Waals surface area (Å²) in [5, 5.41) is 5.54. The third-order valence-electron chi connectivity index (χ3n) is 3.53. The normalized spacial score (nSPS) is 13.6. The SMILES string of the molecule is Cl.Cl.NCC(=O)Nc1ccc(C(=O)NCCN2CCCC2)cc1. The van der Waals surface area contributed by atoms with Crippen molar-refractivity contribution in [2.45, 2.75) is 12.8 Å². The molecule has 0 aromatic heterocycles. The molecule has 6 nitrogen and oxygen atoms in total. The lowest BCUT2D eigenvalue weighted by molar-refractivity contribution is -0.114. The lowest BCUT2D eigenvalue weighted by Gasteiger charge is -2.14. The molecule has 130 valence electrons. The molecule has 23 heavy (non-hydrogen) atoms. The molecule has 8 heteroatoms.